The van der Waals surface area contributed by atoms with Gasteiger partial charge in [0.25, 0.3) is 11.8 Å². The van der Waals surface area contributed by atoms with Crippen molar-refractivity contribution in [2.45, 2.75) is 0 Å². The number of nitrogens with one attached hydrogen (secondary N) is 2. The van der Waals surface area contributed by atoms with Crippen molar-refractivity contribution in [1.29, 1.82) is 0 Å². The Morgan fingerprint density at radius 3 is 1.53 bits per heavy atom. The third-order valence-electron chi connectivity index (χ3n) is 4.19. The first-order chi connectivity index (χ1) is 15.7. The van der Waals surface area contributed by atoms with E-state index in [1.54, 1.807) is 73.3 Å². The van der Waals surface area contributed by atoms with Crippen LogP contribution in [0.2, 0.25) is 0 Å². The normalized spacial score (nSPS) is 11.1. The van der Waals surface area contributed by atoms with Crippen LogP contribution in [-0.2, 0) is 0 Å². The van der Waals surface area contributed by atoms with E-state index < -0.39 is 11.8 Å². The topological polar surface area (TPSA) is 134 Å². The summed E-state index contributed by atoms with van der Waals surface area (Å²) in [6.07, 6.45) is 9.48. The fraction of sp³-hybridized carbons (Fsp3) is 0. The lowest BCUT2D eigenvalue weighted by molar-refractivity contribution is 0.0944. The molecule has 0 atom stereocenters. The van der Waals surface area contributed by atoms with Crippen LogP contribution in [0.15, 0.2) is 83.5 Å². The zero-order valence-electron chi connectivity index (χ0n) is 16.6. The monoisotopic (exact) mass is 424 g/mol. The van der Waals surface area contributed by atoms with Crippen molar-refractivity contribution in [3.05, 3.63) is 95.8 Å². The Labute approximate surface area is 182 Å². The van der Waals surface area contributed by atoms with Crippen molar-refractivity contribution >= 4 is 35.3 Å². The molecule has 0 unspecified atom stereocenters. The molecule has 32 heavy (non-hydrogen) atoms. The van der Waals surface area contributed by atoms with E-state index in [1.807, 2.05) is 0 Å². The van der Waals surface area contributed by atoms with Crippen LogP contribution in [0.3, 0.4) is 0 Å². The lowest BCUT2D eigenvalue weighted by Crippen LogP contribution is -2.20. The van der Waals surface area contributed by atoms with E-state index in [9.17, 15) is 9.59 Å². The number of nitrogens with zero attached hydrogens (tertiary/aromatic N) is 6. The Morgan fingerprint density at radius 2 is 1.09 bits per heavy atom. The van der Waals surface area contributed by atoms with Crippen molar-refractivity contribution in [2.24, 2.45) is 10.2 Å². The Morgan fingerprint density at radius 1 is 0.656 bits per heavy atom. The molecule has 0 bridgehead atoms. The van der Waals surface area contributed by atoms with Crippen molar-refractivity contribution in [3.63, 3.8) is 0 Å². The summed E-state index contributed by atoms with van der Waals surface area (Å²) < 4.78 is 0. The molecule has 0 aliphatic carbocycles. The van der Waals surface area contributed by atoms with Crippen LogP contribution in [0, 0.1) is 0 Å². The van der Waals surface area contributed by atoms with E-state index in [1.165, 1.54) is 12.4 Å². The second kappa shape index (κ2) is 9.76. The van der Waals surface area contributed by atoms with E-state index in [0.717, 1.165) is 11.1 Å². The molecule has 0 aliphatic heterocycles. The number of pyridine rings is 4. The molecular weight excluding hydrogens is 408 g/mol. The molecule has 0 spiro atoms. The Balaban J connectivity index is 1.45. The molecule has 0 radical (unpaired) electrons. The molecule has 0 saturated carbocycles. The smallest absolute Gasteiger partial charge is 0.266 e. The zero-order valence-corrected chi connectivity index (χ0v) is 16.6. The van der Waals surface area contributed by atoms with Gasteiger partial charge in [-0.25, -0.2) is 20.8 Å². The quantitative estimate of drug-likeness (QED) is 0.359. The standard InChI is InChI=1S/C22H16N8O2/c31-21(29-25-13-15-5-9-23-10-6-15)18-3-1-17-2-4-19(28-20(17)27-18)22(32)30-26-14-16-7-11-24-12-8-16/h1-14H,(H,29,31)(H,30,32)/b25-13+,26-14+. The second-order valence-electron chi connectivity index (χ2n) is 6.40. The Hall–Kier alpha value is -4.86. The third kappa shape index (κ3) is 5.19. The van der Waals surface area contributed by atoms with Gasteiger partial charge in [0.2, 0.25) is 0 Å². The van der Waals surface area contributed by atoms with Crippen LogP contribution in [0.1, 0.15) is 32.1 Å². The lowest BCUT2D eigenvalue weighted by Gasteiger charge is -2.04. The highest BCUT2D eigenvalue weighted by atomic mass is 16.2. The minimum Gasteiger partial charge on any atom is -0.266 e. The number of hydrogen-bond donors (Lipinski definition) is 2. The average Bonchev–Trinajstić information content (AvgIpc) is 2.84. The fourth-order valence-corrected chi connectivity index (χ4v) is 2.60. The number of rotatable bonds is 6. The zero-order chi connectivity index (χ0) is 22.2. The van der Waals surface area contributed by atoms with Crippen LogP contribution in [-0.4, -0.2) is 44.2 Å². The molecule has 4 heterocycles. The molecule has 0 saturated heterocycles. The number of fused-ring (bicyclic) bond motifs is 1. The van der Waals surface area contributed by atoms with Gasteiger partial charge in [0, 0.05) is 30.2 Å². The van der Waals surface area contributed by atoms with Gasteiger partial charge in [0.15, 0.2) is 5.65 Å². The molecule has 4 aromatic rings. The molecule has 4 aromatic heterocycles. The molecule has 10 nitrogen and oxygen atoms in total. The van der Waals surface area contributed by atoms with E-state index in [2.05, 4.69) is 41.0 Å². The van der Waals surface area contributed by atoms with Gasteiger partial charge in [-0.2, -0.15) is 10.2 Å². The summed E-state index contributed by atoms with van der Waals surface area (Å²) in [5.74, 6) is -1.01. The number of hydrogen-bond acceptors (Lipinski definition) is 8. The van der Waals surface area contributed by atoms with Gasteiger partial charge in [0.05, 0.1) is 12.4 Å². The number of carbonyl (C=O) groups is 2. The van der Waals surface area contributed by atoms with Crippen LogP contribution in [0.5, 0.6) is 0 Å². The molecule has 156 valence electrons. The largest absolute Gasteiger partial charge is 0.290 e. The molecule has 0 aliphatic rings. The molecule has 0 aromatic carbocycles. The van der Waals surface area contributed by atoms with Gasteiger partial charge in [-0.1, -0.05) is 0 Å². The summed E-state index contributed by atoms with van der Waals surface area (Å²) in [6.45, 7) is 0. The minimum absolute atomic E-state index is 0.116. The summed E-state index contributed by atoms with van der Waals surface area (Å²) in [5.41, 5.74) is 6.88. The van der Waals surface area contributed by atoms with Gasteiger partial charge < -0.3 is 0 Å². The molecular formula is C22H16N8O2. The van der Waals surface area contributed by atoms with Gasteiger partial charge in [-0.3, -0.25) is 19.6 Å². The summed E-state index contributed by atoms with van der Waals surface area (Å²) in [4.78, 5) is 41.0. The average molecular weight is 424 g/mol. The van der Waals surface area contributed by atoms with Crippen LogP contribution in [0.4, 0.5) is 0 Å². The first kappa shape index (κ1) is 20.4. The van der Waals surface area contributed by atoms with E-state index in [0.29, 0.717) is 5.39 Å². The van der Waals surface area contributed by atoms with Gasteiger partial charge in [-0.15, -0.1) is 0 Å². The number of hydrazone groups is 2. The summed E-state index contributed by atoms with van der Waals surface area (Å²) in [5, 5.41) is 8.49. The highest BCUT2D eigenvalue weighted by Crippen LogP contribution is 2.12. The highest BCUT2D eigenvalue weighted by molar-refractivity contribution is 5.97. The maximum atomic E-state index is 12.3. The Kier molecular flexibility index (Phi) is 6.23. The predicted molar refractivity (Wildman–Crippen MR) is 118 cm³/mol. The van der Waals surface area contributed by atoms with Crippen molar-refractivity contribution in [2.75, 3.05) is 0 Å². The lowest BCUT2D eigenvalue weighted by atomic mass is 10.2. The number of amides is 2. The number of aromatic nitrogens is 4. The summed E-state index contributed by atoms with van der Waals surface area (Å²) in [7, 11) is 0. The van der Waals surface area contributed by atoms with E-state index in [-0.39, 0.29) is 17.0 Å². The first-order valence-electron chi connectivity index (χ1n) is 9.44. The van der Waals surface area contributed by atoms with Crippen LogP contribution >= 0.6 is 0 Å². The maximum absolute atomic E-state index is 12.3. The second-order valence-corrected chi connectivity index (χ2v) is 6.40. The van der Waals surface area contributed by atoms with Crippen LogP contribution < -0.4 is 10.9 Å². The molecule has 10 heteroatoms. The van der Waals surface area contributed by atoms with Gasteiger partial charge >= 0.3 is 0 Å². The third-order valence-corrected chi connectivity index (χ3v) is 4.19. The van der Waals surface area contributed by atoms with Crippen molar-refractivity contribution < 1.29 is 9.59 Å². The molecule has 2 N–H and O–H groups in total. The number of carbonyl (C=O) groups excluding carboxylic acids is 2. The predicted octanol–water partition coefficient (Wildman–Crippen LogP) is 1.95. The molecule has 4 rings (SSSR count). The minimum atomic E-state index is -0.504. The van der Waals surface area contributed by atoms with Gasteiger partial charge in [0.1, 0.15) is 11.4 Å². The van der Waals surface area contributed by atoms with E-state index in [4.69, 9.17) is 0 Å². The van der Waals surface area contributed by atoms with Crippen LogP contribution in [0.25, 0.3) is 11.0 Å². The molecule has 0 fully saturated rings. The van der Waals surface area contributed by atoms with Crippen molar-refractivity contribution in [3.8, 4) is 0 Å². The maximum Gasteiger partial charge on any atom is 0.290 e. The first-order valence-corrected chi connectivity index (χ1v) is 9.44. The Bertz CT molecular complexity index is 1210. The SMILES string of the molecule is O=C(N/N=C/c1ccncc1)c1ccc2ccc(C(=O)N/N=C/c3ccncc3)nc2n1. The van der Waals surface area contributed by atoms with E-state index >= 15 is 0 Å². The summed E-state index contributed by atoms with van der Waals surface area (Å²) >= 11 is 0. The van der Waals surface area contributed by atoms with Gasteiger partial charge in [-0.05, 0) is 59.7 Å². The fourth-order valence-electron chi connectivity index (χ4n) is 2.60. The highest BCUT2D eigenvalue weighted by Gasteiger charge is 2.11. The van der Waals surface area contributed by atoms with Crippen molar-refractivity contribution in [1.82, 2.24) is 30.8 Å². The summed E-state index contributed by atoms with van der Waals surface area (Å²) in [6, 6.07) is 13.5. The molecule has 2 amide bonds.